The zero-order chi connectivity index (χ0) is 27.5. The van der Waals surface area contributed by atoms with Crippen LogP contribution in [0.3, 0.4) is 0 Å². The van der Waals surface area contributed by atoms with E-state index in [0.29, 0.717) is 34.7 Å². The normalized spacial score (nSPS) is 9.89. The van der Waals surface area contributed by atoms with E-state index in [1.165, 1.54) is 51.4 Å². The number of hydrogen-bond acceptors (Lipinski definition) is 9. The fourth-order valence-electron chi connectivity index (χ4n) is 3.27. The van der Waals surface area contributed by atoms with E-state index in [4.69, 9.17) is 9.47 Å². The van der Waals surface area contributed by atoms with Crippen LogP contribution in [0.25, 0.3) is 5.69 Å². The Bertz CT molecular complexity index is 1270. The van der Waals surface area contributed by atoms with Crippen molar-refractivity contribution in [1.29, 1.82) is 0 Å². The fourth-order valence-corrected chi connectivity index (χ4v) is 3.27. The van der Waals surface area contributed by atoms with Crippen LogP contribution in [0.5, 0.6) is 11.5 Å². The zero-order valence-electron chi connectivity index (χ0n) is 21.5. The number of nitrogens with zero attached hydrogens (tertiary/aromatic N) is 3. The second kappa shape index (κ2) is 13.4. The number of carbonyl (C=O) groups is 4. The molecule has 0 atom stereocenters. The molecule has 11 nitrogen and oxygen atoms in total. The minimum absolute atomic E-state index is 0.0581. The molecule has 0 fully saturated rings. The van der Waals surface area contributed by atoms with E-state index in [0.717, 1.165) is 11.4 Å². The minimum Gasteiger partial charge on any atom is -0.495 e. The van der Waals surface area contributed by atoms with Crippen molar-refractivity contribution in [2.24, 2.45) is 0 Å². The Kier molecular flexibility index (Phi) is 10.4. The van der Waals surface area contributed by atoms with Crippen LogP contribution in [-0.4, -0.2) is 68.7 Å². The Morgan fingerprint density at radius 3 is 1.95 bits per heavy atom. The van der Waals surface area contributed by atoms with Gasteiger partial charge in [-0.05, 0) is 50.2 Å². The Labute approximate surface area is 214 Å². The highest BCUT2D eigenvalue weighted by atomic mass is 16.5. The maximum atomic E-state index is 11.4. The van der Waals surface area contributed by atoms with Crippen molar-refractivity contribution in [2.45, 2.75) is 13.8 Å². The lowest BCUT2D eigenvalue weighted by Crippen LogP contribution is -2.27. The molecule has 196 valence electrons. The van der Waals surface area contributed by atoms with E-state index in [-0.39, 0.29) is 18.3 Å². The highest BCUT2D eigenvalue weighted by Gasteiger charge is 2.16. The molecule has 1 heterocycles. The molecule has 3 aromatic rings. The molecule has 0 radical (unpaired) electrons. The molecule has 1 amide bonds. The van der Waals surface area contributed by atoms with Gasteiger partial charge in [-0.3, -0.25) is 9.59 Å². The Hall–Kier alpha value is -4.67. The number of ether oxygens (including phenoxy) is 4. The third-order valence-corrected chi connectivity index (χ3v) is 5.02. The number of carbonyl (C=O) groups excluding carboxylic acids is 4. The number of hydrogen-bond donors (Lipinski definition) is 0. The summed E-state index contributed by atoms with van der Waals surface area (Å²) in [6, 6.07) is 9.63. The van der Waals surface area contributed by atoms with Gasteiger partial charge in [0.05, 0.1) is 69.5 Å². The maximum Gasteiger partial charge on any atom is 0.337 e. The average molecular weight is 512 g/mol. The van der Waals surface area contributed by atoms with Crippen LogP contribution < -0.4 is 14.4 Å². The third kappa shape index (κ3) is 7.40. The number of esters is 2. The predicted octanol–water partition coefficient (Wildman–Crippen LogP) is 3.01. The number of methoxy groups -OCH3 is 4. The van der Waals surface area contributed by atoms with Crippen LogP contribution in [0, 0.1) is 6.92 Å². The molecule has 0 aliphatic carbocycles. The lowest BCUT2D eigenvalue weighted by molar-refractivity contribution is -0.117. The van der Waals surface area contributed by atoms with Crippen molar-refractivity contribution in [3.8, 4) is 17.2 Å². The van der Waals surface area contributed by atoms with Crippen LogP contribution >= 0.6 is 0 Å². The molecule has 0 N–H and O–H groups in total. The minimum atomic E-state index is -0.505. The first-order chi connectivity index (χ1) is 17.7. The molecule has 11 heteroatoms. The Balaban J connectivity index is 0.000000260. The maximum absolute atomic E-state index is 11.4. The summed E-state index contributed by atoms with van der Waals surface area (Å²) in [6.07, 6.45) is 4.12. The van der Waals surface area contributed by atoms with Gasteiger partial charge in [0.1, 0.15) is 17.3 Å². The summed E-state index contributed by atoms with van der Waals surface area (Å²) in [5.74, 6) is -0.145. The molecule has 0 aliphatic rings. The first kappa shape index (κ1) is 28.6. The highest BCUT2D eigenvalue weighted by molar-refractivity contribution is 5.94. The molecule has 0 aliphatic heterocycles. The lowest BCUT2D eigenvalue weighted by atomic mass is 10.1. The lowest BCUT2D eigenvalue weighted by Gasteiger charge is -2.19. The topological polar surface area (TPSA) is 126 Å². The molecule has 1 aromatic heterocycles. The number of benzene rings is 2. The van der Waals surface area contributed by atoms with E-state index < -0.39 is 5.97 Å². The smallest absolute Gasteiger partial charge is 0.337 e. The van der Waals surface area contributed by atoms with E-state index in [2.05, 4.69) is 14.5 Å². The molecule has 0 saturated carbocycles. The van der Waals surface area contributed by atoms with Crippen molar-refractivity contribution in [3.63, 3.8) is 0 Å². The summed E-state index contributed by atoms with van der Waals surface area (Å²) < 4.78 is 21.5. The van der Waals surface area contributed by atoms with Crippen molar-refractivity contribution < 1.29 is 38.1 Å². The number of Topliss-reactive ketones (excluding diaryl/α,β-unsaturated/α-hetero) is 1. The van der Waals surface area contributed by atoms with Gasteiger partial charge in [-0.15, -0.1) is 0 Å². The first-order valence-electron chi connectivity index (χ1n) is 10.9. The van der Waals surface area contributed by atoms with Crippen molar-refractivity contribution in [1.82, 2.24) is 9.55 Å². The summed E-state index contributed by atoms with van der Waals surface area (Å²) in [5, 5.41) is 0. The quantitative estimate of drug-likeness (QED) is 0.315. The van der Waals surface area contributed by atoms with E-state index in [1.54, 1.807) is 31.6 Å². The molecular formula is C26H29N3O8. The monoisotopic (exact) mass is 511 g/mol. The van der Waals surface area contributed by atoms with Crippen molar-refractivity contribution >= 4 is 29.8 Å². The summed E-state index contributed by atoms with van der Waals surface area (Å²) in [4.78, 5) is 50.3. The summed E-state index contributed by atoms with van der Waals surface area (Å²) in [6.45, 7) is 3.23. The van der Waals surface area contributed by atoms with Gasteiger partial charge < -0.3 is 28.4 Å². The van der Waals surface area contributed by atoms with Gasteiger partial charge in [-0.2, -0.15) is 0 Å². The highest BCUT2D eigenvalue weighted by Crippen LogP contribution is 2.29. The number of imidazole rings is 1. The molecule has 3 rings (SSSR count). The standard InChI is InChI=1S/C13H14N2O3.C13H15NO5/c1-9-7-15(8-14-9)11-5-4-10(13(16)18-3)6-12(11)17-2;1-9(16)7-14(8-15)11-5-4-10(13(17)19-3)6-12(11)18-2/h4-8H,1-3H3;4-6,8H,7H2,1-3H3. The van der Waals surface area contributed by atoms with Crippen LogP contribution in [0.1, 0.15) is 33.3 Å². The van der Waals surface area contributed by atoms with Gasteiger partial charge in [0.15, 0.2) is 0 Å². The van der Waals surface area contributed by atoms with Crippen LogP contribution in [0.2, 0.25) is 0 Å². The molecule has 0 unspecified atom stereocenters. The van der Waals surface area contributed by atoms with Gasteiger partial charge in [0.2, 0.25) is 6.41 Å². The van der Waals surface area contributed by atoms with E-state index >= 15 is 0 Å². The van der Waals surface area contributed by atoms with Gasteiger partial charge in [-0.1, -0.05) is 0 Å². The van der Waals surface area contributed by atoms with Crippen molar-refractivity contribution in [2.75, 3.05) is 39.9 Å². The van der Waals surface area contributed by atoms with Crippen LogP contribution in [0.15, 0.2) is 48.9 Å². The number of rotatable bonds is 9. The number of anilines is 1. The van der Waals surface area contributed by atoms with E-state index in [9.17, 15) is 19.2 Å². The second-order valence-corrected chi connectivity index (χ2v) is 7.61. The number of amides is 1. The fraction of sp³-hybridized carbons (Fsp3) is 0.269. The van der Waals surface area contributed by atoms with Crippen molar-refractivity contribution in [3.05, 3.63) is 65.7 Å². The van der Waals surface area contributed by atoms with E-state index in [1.807, 2.05) is 17.7 Å². The van der Waals surface area contributed by atoms with Gasteiger partial charge in [0.25, 0.3) is 0 Å². The molecule has 37 heavy (non-hydrogen) atoms. The third-order valence-electron chi connectivity index (χ3n) is 5.02. The summed E-state index contributed by atoms with van der Waals surface area (Å²) in [7, 11) is 5.60. The zero-order valence-corrected chi connectivity index (χ0v) is 21.5. The average Bonchev–Trinajstić information content (AvgIpc) is 3.36. The second-order valence-electron chi connectivity index (χ2n) is 7.61. The van der Waals surface area contributed by atoms with Gasteiger partial charge in [0, 0.05) is 6.20 Å². The van der Waals surface area contributed by atoms with Gasteiger partial charge >= 0.3 is 11.9 Å². The Morgan fingerprint density at radius 1 is 0.919 bits per heavy atom. The van der Waals surface area contributed by atoms with Crippen LogP contribution in [0.4, 0.5) is 5.69 Å². The SMILES string of the molecule is COC(=O)c1ccc(-n2cnc(C)c2)c(OC)c1.COC(=O)c1ccc(N(C=O)CC(C)=O)c(OC)c1. The first-order valence-corrected chi connectivity index (χ1v) is 10.9. The number of aryl methyl sites for hydroxylation is 1. The number of aromatic nitrogens is 2. The van der Waals surface area contributed by atoms with Crippen LogP contribution in [-0.2, 0) is 19.1 Å². The molecule has 2 aromatic carbocycles. The van der Waals surface area contributed by atoms with Gasteiger partial charge in [-0.25, -0.2) is 14.6 Å². The predicted molar refractivity (Wildman–Crippen MR) is 135 cm³/mol. The summed E-state index contributed by atoms with van der Waals surface area (Å²) in [5.41, 5.74) is 2.91. The molecule has 0 saturated heterocycles. The Morgan fingerprint density at radius 2 is 1.49 bits per heavy atom. The summed E-state index contributed by atoms with van der Waals surface area (Å²) >= 11 is 0. The molecular weight excluding hydrogens is 482 g/mol. The molecule has 0 spiro atoms. The number of ketones is 1. The molecule has 0 bridgehead atoms. The largest absolute Gasteiger partial charge is 0.495 e.